The van der Waals surface area contributed by atoms with Crippen LogP contribution in [0.3, 0.4) is 0 Å². The van der Waals surface area contributed by atoms with Gasteiger partial charge in [-0.3, -0.25) is 4.79 Å². The molecule has 0 unspecified atom stereocenters. The summed E-state index contributed by atoms with van der Waals surface area (Å²) in [4.78, 5) is 13.3. The molecule has 0 spiro atoms. The van der Waals surface area contributed by atoms with Crippen molar-refractivity contribution >= 4 is 46.7 Å². The molecule has 0 saturated carbocycles. The van der Waals surface area contributed by atoms with E-state index in [1.807, 2.05) is 36.4 Å². The summed E-state index contributed by atoms with van der Waals surface area (Å²) in [7, 11) is 0. The Morgan fingerprint density at radius 2 is 1.82 bits per heavy atom. The van der Waals surface area contributed by atoms with Crippen LogP contribution in [0.2, 0.25) is 10.0 Å². The van der Waals surface area contributed by atoms with Gasteiger partial charge in [-0.15, -0.1) is 11.8 Å². The number of halogens is 2. The van der Waals surface area contributed by atoms with Gasteiger partial charge in [0.25, 0.3) is 0 Å². The van der Waals surface area contributed by atoms with Crippen LogP contribution >= 0.6 is 35.0 Å². The predicted octanol–water partition coefficient (Wildman–Crippen LogP) is 6.21. The molecule has 0 atom stereocenters. The van der Waals surface area contributed by atoms with Crippen molar-refractivity contribution in [2.75, 3.05) is 11.1 Å². The number of anilines is 1. The van der Waals surface area contributed by atoms with Gasteiger partial charge >= 0.3 is 0 Å². The van der Waals surface area contributed by atoms with Gasteiger partial charge in [-0.1, -0.05) is 62.2 Å². The Kier molecular flexibility index (Phi) is 6.38. The molecule has 0 aliphatic rings. The molecule has 0 fully saturated rings. The van der Waals surface area contributed by atoms with Gasteiger partial charge in [0.15, 0.2) is 0 Å². The number of amides is 1. The first-order valence-corrected chi connectivity index (χ1v) is 10.5. The normalized spacial score (nSPS) is 11.5. The van der Waals surface area contributed by atoms with Crippen molar-refractivity contribution in [3.63, 3.8) is 0 Å². The van der Waals surface area contributed by atoms with Crippen LogP contribution in [0.1, 0.15) is 26.5 Å². The van der Waals surface area contributed by atoms with Crippen molar-refractivity contribution in [1.29, 1.82) is 0 Å². The molecule has 1 N–H and O–H groups in total. The highest BCUT2D eigenvalue weighted by Crippen LogP contribution is 2.30. The van der Waals surface area contributed by atoms with E-state index in [9.17, 15) is 4.79 Å². The lowest BCUT2D eigenvalue weighted by atomic mass is 9.92. The number of aromatic nitrogens is 2. The molecule has 1 amide bonds. The highest BCUT2D eigenvalue weighted by atomic mass is 35.5. The lowest BCUT2D eigenvalue weighted by Crippen LogP contribution is -2.17. The van der Waals surface area contributed by atoms with Crippen LogP contribution in [0.25, 0.3) is 5.69 Å². The Morgan fingerprint density at radius 3 is 2.50 bits per heavy atom. The zero-order valence-corrected chi connectivity index (χ0v) is 18.2. The zero-order chi connectivity index (χ0) is 20.3. The van der Waals surface area contributed by atoms with Crippen LogP contribution in [0.5, 0.6) is 0 Å². The van der Waals surface area contributed by atoms with Crippen LogP contribution in [0.15, 0.2) is 59.5 Å². The fourth-order valence-corrected chi connectivity index (χ4v) is 3.81. The number of nitrogens with zero attached hydrogens (tertiary/aromatic N) is 2. The number of benzene rings is 2. The van der Waals surface area contributed by atoms with Crippen LogP contribution in [0, 0.1) is 0 Å². The van der Waals surface area contributed by atoms with Gasteiger partial charge in [0.05, 0.1) is 22.2 Å². The van der Waals surface area contributed by atoms with Gasteiger partial charge < -0.3 is 5.32 Å². The highest BCUT2D eigenvalue weighted by molar-refractivity contribution is 8.00. The monoisotopic (exact) mass is 433 g/mol. The summed E-state index contributed by atoms with van der Waals surface area (Å²) in [6.45, 7) is 6.27. The first-order chi connectivity index (χ1) is 13.2. The smallest absolute Gasteiger partial charge is 0.235 e. The van der Waals surface area contributed by atoms with Gasteiger partial charge in [0.1, 0.15) is 5.82 Å². The first kappa shape index (κ1) is 20.8. The fourth-order valence-electron chi connectivity index (χ4n) is 2.51. The third-order valence-corrected chi connectivity index (χ3v) is 5.73. The quantitative estimate of drug-likeness (QED) is 0.486. The number of thioether (sulfide) groups is 1. The van der Waals surface area contributed by atoms with Crippen molar-refractivity contribution < 1.29 is 4.79 Å². The third kappa shape index (κ3) is 5.10. The molecule has 2 aromatic carbocycles. The number of nitrogens with one attached hydrogen (secondary N) is 1. The minimum absolute atomic E-state index is 0.136. The first-order valence-electron chi connectivity index (χ1n) is 8.78. The summed E-state index contributed by atoms with van der Waals surface area (Å²) < 4.78 is 1.76. The van der Waals surface area contributed by atoms with E-state index < -0.39 is 0 Å². The topological polar surface area (TPSA) is 46.9 Å². The molecule has 28 heavy (non-hydrogen) atoms. The molecule has 4 nitrogen and oxygen atoms in total. The molecule has 146 valence electrons. The number of carbonyl (C=O) groups excluding carboxylic acids is 1. The van der Waals surface area contributed by atoms with Crippen LogP contribution in [-0.4, -0.2) is 21.4 Å². The molecular weight excluding hydrogens is 413 g/mol. The summed E-state index contributed by atoms with van der Waals surface area (Å²) in [5.41, 5.74) is 1.65. The van der Waals surface area contributed by atoms with Gasteiger partial charge in [-0.25, -0.2) is 4.68 Å². The Bertz CT molecular complexity index is 981. The number of hydrogen-bond acceptors (Lipinski definition) is 3. The zero-order valence-electron chi connectivity index (χ0n) is 15.9. The average Bonchev–Trinajstić information content (AvgIpc) is 3.07. The van der Waals surface area contributed by atoms with Crippen molar-refractivity contribution in [2.45, 2.75) is 31.1 Å². The standard InChI is InChI=1S/C21H21Cl2N3OS/c1-21(2,3)18-12-19(26(25-18)15-7-5-4-6-8-15)24-20(27)13-28-17-11-14(22)9-10-16(17)23/h4-12H,13H2,1-3H3,(H,24,27). The van der Waals surface area contributed by atoms with Crippen molar-refractivity contribution in [1.82, 2.24) is 9.78 Å². The van der Waals surface area contributed by atoms with E-state index in [-0.39, 0.29) is 17.1 Å². The number of hydrogen-bond donors (Lipinski definition) is 1. The fraction of sp³-hybridized carbons (Fsp3) is 0.238. The van der Waals surface area contributed by atoms with E-state index in [1.165, 1.54) is 11.8 Å². The van der Waals surface area contributed by atoms with Gasteiger partial charge in [0.2, 0.25) is 5.91 Å². The molecular formula is C21H21Cl2N3OS. The van der Waals surface area contributed by atoms with E-state index in [0.717, 1.165) is 16.3 Å². The summed E-state index contributed by atoms with van der Waals surface area (Å²) in [6.07, 6.45) is 0. The Hall–Kier alpha value is -1.95. The molecule has 0 aliphatic heterocycles. The summed E-state index contributed by atoms with van der Waals surface area (Å²) in [5.74, 6) is 0.711. The van der Waals surface area contributed by atoms with Crippen LogP contribution < -0.4 is 5.32 Å². The maximum absolute atomic E-state index is 12.6. The second-order valence-electron chi connectivity index (χ2n) is 7.32. The summed E-state index contributed by atoms with van der Waals surface area (Å²) in [6, 6.07) is 16.9. The minimum atomic E-state index is -0.140. The Labute approximate surface area is 179 Å². The van der Waals surface area contributed by atoms with E-state index in [4.69, 9.17) is 28.3 Å². The second kappa shape index (κ2) is 8.60. The van der Waals surface area contributed by atoms with Crippen LogP contribution in [-0.2, 0) is 10.2 Å². The van der Waals surface area contributed by atoms with E-state index in [2.05, 4.69) is 26.1 Å². The number of carbonyl (C=O) groups is 1. The highest BCUT2D eigenvalue weighted by Gasteiger charge is 2.21. The van der Waals surface area contributed by atoms with Crippen molar-refractivity contribution in [3.8, 4) is 5.69 Å². The lowest BCUT2D eigenvalue weighted by molar-refractivity contribution is -0.113. The molecule has 3 aromatic rings. The molecule has 0 saturated heterocycles. The molecule has 0 radical (unpaired) electrons. The predicted molar refractivity (Wildman–Crippen MR) is 118 cm³/mol. The third-order valence-electron chi connectivity index (χ3n) is 4.00. The lowest BCUT2D eigenvalue weighted by Gasteiger charge is -2.14. The van der Waals surface area contributed by atoms with E-state index >= 15 is 0 Å². The number of rotatable bonds is 5. The average molecular weight is 434 g/mol. The van der Waals surface area contributed by atoms with Crippen LogP contribution in [0.4, 0.5) is 5.82 Å². The molecule has 1 aromatic heterocycles. The largest absolute Gasteiger partial charge is 0.310 e. The van der Waals surface area contributed by atoms with E-state index in [1.54, 1.807) is 22.9 Å². The van der Waals surface area contributed by atoms with E-state index in [0.29, 0.717) is 15.9 Å². The maximum Gasteiger partial charge on any atom is 0.235 e. The van der Waals surface area contributed by atoms with Gasteiger partial charge in [0, 0.05) is 21.4 Å². The second-order valence-corrected chi connectivity index (χ2v) is 9.18. The minimum Gasteiger partial charge on any atom is -0.310 e. The molecule has 0 aliphatic carbocycles. The van der Waals surface area contributed by atoms with Gasteiger partial charge in [-0.2, -0.15) is 5.10 Å². The summed E-state index contributed by atoms with van der Waals surface area (Å²) >= 11 is 13.5. The molecule has 3 rings (SSSR count). The Balaban J connectivity index is 1.80. The van der Waals surface area contributed by atoms with Gasteiger partial charge in [-0.05, 0) is 30.3 Å². The van der Waals surface area contributed by atoms with Crippen molar-refractivity contribution in [2.24, 2.45) is 0 Å². The Morgan fingerprint density at radius 1 is 1.11 bits per heavy atom. The SMILES string of the molecule is CC(C)(C)c1cc(NC(=O)CSc2cc(Cl)ccc2Cl)n(-c2ccccc2)n1. The molecule has 0 bridgehead atoms. The molecule has 1 heterocycles. The number of para-hydroxylation sites is 1. The molecule has 7 heteroatoms. The summed E-state index contributed by atoms with van der Waals surface area (Å²) in [5, 5.41) is 8.84. The maximum atomic E-state index is 12.6. The van der Waals surface area contributed by atoms with Crippen molar-refractivity contribution in [3.05, 3.63) is 70.3 Å².